The molecule has 0 amide bonds. The van der Waals surface area contributed by atoms with Gasteiger partial charge in [0.1, 0.15) is 11.6 Å². The Kier molecular flexibility index (Phi) is 3.77. The zero-order valence-electron chi connectivity index (χ0n) is 9.18. The average molecular weight is 272 g/mol. The van der Waals surface area contributed by atoms with Crippen molar-refractivity contribution in [1.82, 2.24) is 0 Å². The van der Waals surface area contributed by atoms with Crippen molar-refractivity contribution in [3.63, 3.8) is 0 Å². The van der Waals surface area contributed by atoms with Crippen LogP contribution in [-0.2, 0) is 6.54 Å². The molecule has 0 fully saturated rings. The van der Waals surface area contributed by atoms with Gasteiger partial charge in [-0.15, -0.1) is 0 Å². The van der Waals surface area contributed by atoms with E-state index in [1.165, 1.54) is 18.2 Å². The van der Waals surface area contributed by atoms with Gasteiger partial charge in [0.2, 0.25) is 0 Å². The largest absolute Gasteiger partial charge is 0.378 e. The lowest BCUT2D eigenvalue weighted by atomic mass is 10.2. The summed E-state index contributed by atoms with van der Waals surface area (Å²) in [6.07, 6.45) is 0. The molecule has 5 heteroatoms. The highest BCUT2D eigenvalue weighted by Gasteiger charge is 2.10. The van der Waals surface area contributed by atoms with E-state index in [9.17, 15) is 13.2 Å². The van der Waals surface area contributed by atoms with E-state index < -0.39 is 17.5 Å². The zero-order chi connectivity index (χ0) is 13.1. The van der Waals surface area contributed by atoms with Gasteiger partial charge in [0.15, 0.2) is 5.82 Å². The maximum atomic E-state index is 13.5. The Hall–Kier alpha value is -1.68. The van der Waals surface area contributed by atoms with Crippen LogP contribution in [0.2, 0.25) is 5.02 Å². The van der Waals surface area contributed by atoms with Gasteiger partial charge in [-0.3, -0.25) is 0 Å². The number of halogens is 4. The molecule has 1 nitrogen and oxygen atoms in total. The van der Waals surface area contributed by atoms with Gasteiger partial charge in [-0.05, 0) is 24.3 Å². The molecule has 0 atom stereocenters. The zero-order valence-corrected chi connectivity index (χ0v) is 9.94. The number of anilines is 1. The lowest BCUT2D eigenvalue weighted by Gasteiger charge is -2.09. The highest BCUT2D eigenvalue weighted by Crippen LogP contribution is 2.23. The Morgan fingerprint density at radius 2 is 1.56 bits per heavy atom. The molecule has 2 aromatic rings. The molecule has 0 aliphatic heterocycles. The molecule has 0 saturated heterocycles. The lowest BCUT2D eigenvalue weighted by Crippen LogP contribution is -2.05. The molecule has 0 heterocycles. The van der Waals surface area contributed by atoms with Crippen molar-refractivity contribution >= 4 is 17.3 Å². The fraction of sp³-hybridized carbons (Fsp3) is 0.0769. The van der Waals surface area contributed by atoms with E-state index in [0.717, 1.165) is 12.1 Å². The number of rotatable bonds is 3. The van der Waals surface area contributed by atoms with Gasteiger partial charge < -0.3 is 5.32 Å². The number of hydrogen-bond donors (Lipinski definition) is 1. The minimum Gasteiger partial charge on any atom is -0.378 e. The Labute approximate surface area is 107 Å². The van der Waals surface area contributed by atoms with Crippen molar-refractivity contribution in [2.45, 2.75) is 6.54 Å². The second-order valence-corrected chi connectivity index (χ2v) is 4.06. The van der Waals surface area contributed by atoms with Crippen LogP contribution in [0, 0.1) is 17.5 Å². The summed E-state index contributed by atoms with van der Waals surface area (Å²) in [6.45, 7) is -0.157. The normalized spacial score (nSPS) is 10.4. The average Bonchev–Trinajstić information content (AvgIpc) is 2.33. The summed E-state index contributed by atoms with van der Waals surface area (Å²) in [5.74, 6) is -1.99. The fourth-order valence-corrected chi connectivity index (χ4v) is 1.70. The summed E-state index contributed by atoms with van der Waals surface area (Å²) in [4.78, 5) is 0. The maximum absolute atomic E-state index is 13.5. The van der Waals surface area contributed by atoms with Crippen molar-refractivity contribution in [3.8, 4) is 0 Å². The second-order valence-electron chi connectivity index (χ2n) is 3.66. The highest BCUT2D eigenvalue weighted by molar-refractivity contribution is 6.31. The monoisotopic (exact) mass is 271 g/mol. The Balaban J connectivity index is 2.19. The van der Waals surface area contributed by atoms with Crippen LogP contribution in [0.15, 0.2) is 36.4 Å². The Morgan fingerprint density at radius 3 is 2.22 bits per heavy atom. The van der Waals surface area contributed by atoms with Crippen LogP contribution < -0.4 is 5.32 Å². The standard InChI is InChI=1S/C13H9ClF3N/c14-9-3-1-6-12(13(9)17)18-7-8-10(15)4-2-5-11(8)16/h1-6,18H,7H2. The second kappa shape index (κ2) is 5.31. The number of hydrogen-bond acceptors (Lipinski definition) is 1. The van der Waals surface area contributed by atoms with Gasteiger partial charge in [-0.2, -0.15) is 0 Å². The van der Waals surface area contributed by atoms with E-state index in [2.05, 4.69) is 5.32 Å². The van der Waals surface area contributed by atoms with E-state index in [0.29, 0.717) is 0 Å². The lowest BCUT2D eigenvalue weighted by molar-refractivity contribution is 0.559. The van der Waals surface area contributed by atoms with E-state index >= 15 is 0 Å². The first-order valence-electron chi connectivity index (χ1n) is 5.20. The molecule has 0 saturated carbocycles. The van der Waals surface area contributed by atoms with Crippen molar-refractivity contribution in [3.05, 3.63) is 64.4 Å². The Bertz CT molecular complexity index is 552. The summed E-state index contributed by atoms with van der Waals surface area (Å²) in [5, 5.41) is 2.57. The fourth-order valence-electron chi connectivity index (χ4n) is 1.53. The third-order valence-electron chi connectivity index (χ3n) is 2.47. The molecule has 94 valence electrons. The van der Waals surface area contributed by atoms with E-state index in [1.54, 1.807) is 6.07 Å². The van der Waals surface area contributed by atoms with Crippen molar-refractivity contribution < 1.29 is 13.2 Å². The highest BCUT2D eigenvalue weighted by atomic mass is 35.5. The molecule has 1 N–H and O–H groups in total. The maximum Gasteiger partial charge on any atom is 0.164 e. The molecule has 0 unspecified atom stereocenters. The van der Waals surface area contributed by atoms with Gasteiger partial charge in [-0.25, -0.2) is 13.2 Å². The first-order valence-corrected chi connectivity index (χ1v) is 5.58. The van der Waals surface area contributed by atoms with Crippen LogP contribution in [-0.4, -0.2) is 0 Å². The molecule has 18 heavy (non-hydrogen) atoms. The van der Waals surface area contributed by atoms with Crippen LogP contribution in [0.4, 0.5) is 18.9 Å². The van der Waals surface area contributed by atoms with Gasteiger partial charge in [0, 0.05) is 12.1 Å². The first kappa shape index (κ1) is 12.8. The molecule has 0 aromatic heterocycles. The summed E-state index contributed by atoms with van der Waals surface area (Å²) in [6, 6.07) is 7.95. The molecule has 0 bridgehead atoms. The van der Waals surface area contributed by atoms with Gasteiger partial charge >= 0.3 is 0 Å². The molecule has 0 spiro atoms. The van der Waals surface area contributed by atoms with E-state index in [1.807, 2.05) is 0 Å². The molecular weight excluding hydrogens is 263 g/mol. The van der Waals surface area contributed by atoms with Crippen LogP contribution >= 0.6 is 11.6 Å². The third-order valence-corrected chi connectivity index (χ3v) is 2.76. The smallest absolute Gasteiger partial charge is 0.164 e. The molecule has 0 aliphatic carbocycles. The van der Waals surface area contributed by atoms with Crippen LogP contribution in [0.1, 0.15) is 5.56 Å². The van der Waals surface area contributed by atoms with Gasteiger partial charge in [-0.1, -0.05) is 23.7 Å². The summed E-state index contributed by atoms with van der Waals surface area (Å²) in [5.41, 5.74) is -0.0398. The van der Waals surface area contributed by atoms with Crippen LogP contribution in [0.5, 0.6) is 0 Å². The molecular formula is C13H9ClF3N. The van der Waals surface area contributed by atoms with Gasteiger partial charge in [0.05, 0.1) is 10.7 Å². The topological polar surface area (TPSA) is 12.0 Å². The molecule has 0 radical (unpaired) electrons. The minimum absolute atomic E-state index is 0.0472. The van der Waals surface area contributed by atoms with Crippen molar-refractivity contribution in [1.29, 1.82) is 0 Å². The number of nitrogens with one attached hydrogen (secondary N) is 1. The summed E-state index contributed by atoms with van der Waals surface area (Å²) >= 11 is 5.59. The van der Waals surface area contributed by atoms with Crippen LogP contribution in [0.25, 0.3) is 0 Å². The Morgan fingerprint density at radius 1 is 0.944 bits per heavy atom. The van der Waals surface area contributed by atoms with Crippen LogP contribution in [0.3, 0.4) is 0 Å². The van der Waals surface area contributed by atoms with Crippen molar-refractivity contribution in [2.24, 2.45) is 0 Å². The molecule has 2 aromatic carbocycles. The minimum atomic E-state index is -0.676. The predicted molar refractivity (Wildman–Crippen MR) is 65.1 cm³/mol. The first-order chi connectivity index (χ1) is 8.59. The predicted octanol–water partition coefficient (Wildman–Crippen LogP) is 4.37. The quantitative estimate of drug-likeness (QED) is 0.874. The molecule has 2 rings (SSSR count). The third kappa shape index (κ3) is 2.59. The molecule has 0 aliphatic rings. The number of benzene rings is 2. The van der Waals surface area contributed by atoms with Gasteiger partial charge in [0.25, 0.3) is 0 Å². The SMILES string of the molecule is Fc1cccc(F)c1CNc1cccc(Cl)c1F. The summed E-state index contributed by atoms with van der Waals surface area (Å²) in [7, 11) is 0. The van der Waals surface area contributed by atoms with E-state index in [4.69, 9.17) is 11.6 Å². The van der Waals surface area contributed by atoms with E-state index in [-0.39, 0.29) is 22.8 Å². The summed E-state index contributed by atoms with van der Waals surface area (Å²) < 4.78 is 40.2. The van der Waals surface area contributed by atoms with Crippen molar-refractivity contribution in [2.75, 3.05) is 5.32 Å².